The van der Waals surface area contributed by atoms with E-state index in [1.54, 1.807) is 0 Å². The van der Waals surface area contributed by atoms with Gasteiger partial charge in [0.1, 0.15) is 11.6 Å². The minimum atomic E-state index is 0.426. The molecule has 0 aromatic carbocycles. The summed E-state index contributed by atoms with van der Waals surface area (Å²) in [5.74, 6) is 1.87. The van der Waals surface area contributed by atoms with Crippen LogP contribution in [0.25, 0.3) is 0 Å². The third kappa shape index (κ3) is 3.63. The summed E-state index contributed by atoms with van der Waals surface area (Å²) in [7, 11) is 0. The van der Waals surface area contributed by atoms with Gasteiger partial charge < -0.3 is 5.32 Å². The molecule has 0 aliphatic rings. The summed E-state index contributed by atoms with van der Waals surface area (Å²) in [6.45, 7) is 10.5. The molecule has 0 spiro atoms. The maximum atomic E-state index is 4.39. The van der Waals surface area contributed by atoms with Crippen LogP contribution in [0, 0.1) is 13.8 Å². The van der Waals surface area contributed by atoms with E-state index in [9.17, 15) is 0 Å². The van der Waals surface area contributed by atoms with Crippen LogP contribution in [0.1, 0.15) is 44.4 Å². The lowest BCUT2D eigenvalue weighted by atomic mass is 10.2. The molecule has 1 rings (SSSR count). The summed E-state index contributed by atoms with van der Waals surface area (Å²) in [5, 5.41) is 7.79. The molecule has 4 heteroatoms. The quantitative estimate of drug-likeness (QED) is 0.729. The summed E-state index contributed by atoms with van der Waals surface area (Å²) in [5.41, 5.74) is 0. The predicted molar refractivity (Wildman–Crippen MR) is 62.0 cm³/mol. The first-order chi connectivity index (χ1) is 7.15. The maximum absolute atomic E-state index is 4.39. The zero-order valence-corrected chi connectivity index (χ0v) is 10.2. The summed E-state index contributed by atoms with van der Waals surface area (Å²) in [6.07, 6.45) is 2.29. The number of hydrogen-bond acceptors (Lipinski definition) is 3. The lowest BCUT2D eigenvalue weighted by Crippen LogP contribution is -2.20. The Hall–Kier alpha value is -0.900. The maximum Gasteiger partial charge on any atom is 0.147 e. The molecule has 0 radical (unpaired) electrons. The van der Waals surface area contributed by atoms with Gasteiger partial charge in [-0.05, 0) is 46.7 Å². The van der Waals surface area contributed by atoms with Crippen molar-refractivity contribution in [2.45, 2.75) is 46.6 Å². The topological polar surface area (TPSA) is 42.7 Å². The largest absolute Gasteiger partial charge is 0.317 e. The van der Waals surface area contributed by atoms with Gasteiger partial charge >= 0.3 is 0 Å². The number of nitrogens with zero attached hydrogens (tertiary/aromatic N) is 3. The van der Waals surface area contributed by atoms with Crippen molar-refractivity contribution in [3.8, 4) is 0 Å². The second-order valence-corrected chi connectivity index (χ2v) is 4.04. The van der Waals surface area contributed by atoms with Crippen LogP contribution in [-0.2, 0) is 0 Å². The minimum absolute atomic E-state index is 0.426. The van der Waals surface area contributed by atoms with Crippen molar-refractivity contribution in [1.29, 1.82) is 0 Å². The van der Waals surface area contributed by atoms with Crippen LogP contribution in [0.3, 0.4) is 0 Å². The Morgan fingerprint density at radius 3 is 2.60 bits per heavy atom. The monoisotopic (exact) mass is 210 g/mol. The summed E-state index contributed by atoms with van der Waals surface area (Å²) in [6, 6.07) is 0.426. The molecule has 1 atom stereocenters. The van der Waals surface area contributed by atoms with Crippen LogP contribution in [0.2, 0.25) is 0 Å². The van der Waals surface area contributed by atoms with Crippen LogP contribution in [0.4, 0.5) is 0 Å². The van der Waals surface area contributed by atoms with Crippen molar-refractivity contribution in [2.75, 3.05) is 13.1 Å². The van der Waals surface area contributed by atoms with Gasteiger partial charge in [-0.15, -0.1) is 0 Å². The highest BCUT2D eigenvalue weighted by molar-refractivity contribution is 4.89. The van der Waals surface area contributed by atoms with Crippen molar-refractivity contribution < 1.29 is 0 Å². The first-order valence-electron chi connectivity index (χ1n) is 5.75. The Balaban J connectivity index is 2.39. The average Bonchev–Trinajstić information content (AvgIpc) is 2.52. The van der Waals surface area contributed by atoms with E-state index in [0.29, 0.717) is 6.04 Å². The van der Waals surface area contributed by atoms with Crippen LogP contribution in [-0.4, -0.2) is 27.9 Å². The van der Waals surface area contributed by atoms with Crippen molar-refractivity contribution in [3.05, 3.63) is 11.6 Å². The molecule has 1 unspecified atom stereocenters. The van der Waals surface area contributed by atoms with E-state index >= 15 is 0 Å². The molecule has 0 aliphatic carbocycles. The molecule has 0 saturated carbocycles. The molecular formula is C11H22N4. The molecule has 0 bridgehead atoms. The van der Waals surface area contributed by atoms with Gasteiger partial charge in [0.2, 0.25) is 0 Å². The molecule has 1 heterocycles. The highest BCUT2D eigenvalue weighted by atomic mass is 15.4. The first-order valence-corrected chi connectivity index (χ1v) is 5.75. The van der Waals surface area contributed by atoms with Gasteiger partial charge in [-0.1, -0.05) is 6.92 Å². The lowest BCUT2D eigenvalue weighted by molar-refractivity contribution is 0.433. The molecule has 0 saturated heterocycles. The van der Waals surface area contributed by atoms with Crippen LogP contribution in [0.5, 0.6) is 0 Å². The molecule has 1 aromatic rings. The second-order valence-electron chi connectivity index (χ2n) is 4.04. The molecule has 4 nitrogen and oxygen atoms in total. The minimum Gasteiger partial charge on any atom is -0.317 e. The summed E-state index contributed by atoms with van der Waals surface area (Å²) in [4.78, 5) is 4.31. The fraction of sp³-hybridized carbons (Fsp3) is 0.818. The highest BCUT2D eigenvalue weighted by Gasteiger charge is 2.09. The normalized spacial score (nSPS) is 13.1. The molecule has 86 valence electrons. The number of aromatic nitrogens is 3. The Morgan fingerprint density at radius 2 is 2.07 bits per heavy atom. The SMILES string of the molecule is CCCNCCC(C)n1nc(C)nc1C. The molecular weight excluding hydrogens is 188 g/mol. The van der Waals surface area contributed by atoms with Crippen LogP contribution >= 0.6 is 0 Å². The number of nitrogens with one attached hydrogen (secondary N) is 1. The Labute approximate surface area is 92.1 Å². The standard InChI is InChI=1S/C11H22N4/c1-5-7-12-8-6-9(2)15-11(4)13-10(3)14-15/h9,12H,5-8H2,1-4H3. The van der Waals surface area contributed by atoms with Crippen molar-refractivity contribution in [2.24, 2.45) is 0 Å². The average molecular weight is 210 g/mol. The summed E-state index contributed by atoms with van der Waals surface area (Å²) < 4.78 is 2.02. The van der Waals surface area contributed by atoms with Crippen LogP contribution < -0.4 is 5.32 Å². The van der Waals surface area contributed by atoms with Gasteiger partial charge in [0.15, 0.2) is 0 Å². The van der Waals surface area contributed by atoms with Gasteiger partial charge in [0.05, 0.1) is 6.04 Å². The Bertz CT molecular complexity index is 293. The number of hydrogen-bond donors (Lipinski definition) is 1. The molecule has 1 aromatic heterocycles. The Kier molecular flexibility index (Phi) is 4.75. The first kappa shape index (κ1) is 12.2. The lowest BCUT2D eigenvalue weighted by Gasteiger charge is -2.13. The van der Waals surface area contributed by atoms with E-state index < -0.39 is 0 Å². The fourth-order valence-corrected chi connectivity index (χ4v) is 1.69. The summed E-state index contributed by atoms with van der Waals surface area (Å²) >= 11 is 0. The van der Waals surface area contributed by atoms with Gasteiger partial charge in [-0.2, -0.15) is 5.10 Å². The van der Waals surface area contributed by atoms with E-state index in [0.717, 1.165) is 31.2 Å². The van der Waals surface area contributed by atoms with Crippen molar-refractivity contribution >= 4 is 0 Å². The number of aryl methyl sites for hydroxylation is 2. The molecule has 0 aliphatic heterocycles. The Morgan fingerprint density at radius 1 is 1.33 bits per heavy atom. The third-order valence-electron chi connectivity index (χ3n) is 2.49. The van der Waals surface area contributed by atoms with Crippen molar-refractivity contribution in [3.63, 3.8) is 0 Å². The van der Waals surface area contributed by atoms with E-state index in [1.165, 1.54) is 6.42 Å². The van der Waals surface area contributed by atoms with Gasteiger partial charge in [0.25, 0.3) is 0 Å². The van der Waals surface area contributed by atoms with Crippen molar-refractivity contribution in [1.82, 2.24) is 20.1 Å². The smallest absolute Gasteiger partial charge is 0.147 e. The van der Waals surface area contributed by atoms with Gasteiger partial charge in [0, 0.05) is 0 Å². The fourth-order valence-electron chi connectivity index (χ4n) is 1.69. The van der Waals surface area contributed by atoms with Crippen LogP contribution in [0.15, 0.2) is 0 Å². The molecule has 0 fully saturated rings. The van der Waals surface area contributed by atoms with E-state index in [-0.39, 0.29) is 0 Å². The predicted octanol–water partition coefficient (Wildman–Crippen LogP) is 1.85. The van der Waals surface area contributed by atoms with E-state index in [1.807, 2.05) is 18.5 Å². The van der Waals surface area contributed by atoms with Gasteiger partial charge in [-0.3, -0.25) is 0 Å². The molecule has 15 heavy (non-hydrogen) atoms. The zero-order valence-electron chi connectivity index (χ0n) is 10.2. The highest BCUT2D eigenvalue weighted by Crippen LogP contribution is 2.10. The second kappa shape index (κ2) is 5.85. The van der Waals surface area contributed by atoms with E-state index in [2.05, 4.69) is 29.2 Å². The number of rotatable bonds is 6. The molecule has 1 N–H and O–H groups in total. The third-order valence-corrected chi connectivity index (χ3v) is 2.49. The zero-order chi connectivity index (χ0) is 11.3. The molecule has 0 amide bonds. The van der Waals surface area contributed by atoms with Gasteiger partial charge in [-0.25, -0.2) is 9.67 Å². The van der Waals surface area contributed by atoms with E-state index in [4.69, 9.17) is 0 Å².